The van der Waals surface area contributed by atoms with Crippen molar-refractivity contribution in [3.8, 4) is 0 Å². The summed E-state index contributed by atoms with van der Waals surface area (Å²) in [5.74, 6) is -1.51. The molecule has 4 aliphatic rings. The van der Waals surface area contributed by atoms with Gasteiger partial charge >= 0.3 is 0 Å². The number of carbonyl (C=O) groups is 4. The predicted octanol–water partition coefficient (Wildman–Crippen LogP) is 3.49. The molecular weight excluding hydrogens is 544 g/mol. The van der Waals surface area contributed by atoms with Gasteiger partial charge in [-0.3, -0.25) is 34.4 Å². The van der Waals surface area contributed by atoms with Crippen molar-refractivity contribution in [1.29, 1.82) is 0 Å². The molecule has 1 atom stereocenters. The van der Waals surface area contributed by atoms with Crippen LogP contribution in [0.1, 0.15) is 61.4 Å². The molecule has 4 amide bonds. The van der Waals surface area contributed by atoms with Gasteiger partial charge in [-0.25, -0.2) is 8.78 Å². The summed E-state index contributed by atoms with van der Waals surface area (Å²) < 4.78 is 26.8. The molecule has 0 aromatic heterocycles. The van der Waals surface area contributed by atoms with Crippen LogP contribution in [0.3, 0.4) is 0 Å². The molecular formula is C31H33F2N5O4. The summed E-state index contributed by atoms with van der Waals surface area (Å²) in [6.45, 7) is 2.76. The predicted molar refractivity (Wildman–Crippen MR) is 153 cm³/mol. The second-order valence-electron chi connectivity index (χ2n) is 12.0. The average molecular weight is 578 g/mol. The summed E-state index contributed by atoms with van der Waals surface area (Å²) in [7, 11) is 0. The molecule has 3 aliphatic heterocycles. The smallest absolute Gasteiger partial charge is 0.259 e. The first-order chi connectivity index (χ1) is 20.1. The molecule has 220 valence electrons. The molecule has 0 radical (unpaired) electrons. The van der Waals surface area contributed by atoms with Crippen LogP contribution >= 0.6 is 0 Å². The van der Waals surface area contributed by atoms with Crippen LogP contribution in [-0.2, 0) is 20.8 Å². The van der Waals surface area contributed by atoms with Gasteiger partial charge in [0.2, 0.25) is 17.7 Å². The lowest BCUT2D eigenvalue weighted by atomic mass is 9.89. The molecule has 3 heterocycles. The Morgan fingerprint density at radius 2 is 1.88 bits per heavy atom. The van der Waals surface area contributed by atoms with E-state index in [1.165, 1.54) is 11.1 Å². The van der Waals surface area contributed by atoms with E-state index < -0.39 is 35.2 Å². The quantitative estimate of drug-likeness (QED) is 0.385. The number of nitrogens with one attached hydrogen (secondary N) is 1. The van der Waals surface area contributed by atoms with Gasteiger partial charge in [-0.15, -0.1) is 0 Å². The van der Waals surface area contributed by atoms with Gasteiger partial charge in [0.1, 0.15) is 11.5 Å². The summed E-state index contributed by atoms with van der Waals surface area (Å²) in [6, 6.07) is 8.49. The van der Waals surface area contributed by atoms with E-state index in [9.17, 15) is 28.0 Å². The van der Waals surface area contributed by atoms with Crippen molar-refractivity contribution in [3.63, 3.8) is 0 Å². The molecule has 1 unspecified atom stereocenters. The standard InChI is InChI=1S/C31H33F2N5O4/c1-30(11-13-37(14-12-30)29(42)31(9-10-31)28(32)33)35-17-18(16-34)15-19-5-6-22-25-20(19)3-2-4-21(25)27(41)38(22)23-7-8-24(39)36-26(23)40/h2-6,16-17,23,28H,7-15,34H2,1H3,(H,36,39,40). The Hall–Kier alpha value is -4.15. The Morgan fingerprint density at radius 3 is 2.52 bits per heavy atom. The van der Waals surface area contributed by atoms with E-state index in [1.807, 2.05) is 31.2 Å². The van der Waals surface area contributed by atoms with Crippen molar-refractivity contribution in [2.24, 2.45) is 16.1 Å². The number of halogens is 2. The Morgan fingerprint density at radius 1 is 1.14 bits per heavy atom. The summed E-state index contributed by atoms with van der Waals surface area (Å²) in [5, 5.41) is 3.97. The number of rotatable bonds is 7. The molecule has 2 aromatic rings. The van der Waals surface area contributed by atoms with E-state index in [4.69, 9.17) is 10.7 Å². The summed E-state index contributed by atoms with van der Waals surface area (Å²) in [5.41, 5.74) is 6.91. The number of amides is 4. The van der Waals surface area contributed by atoms with Crippen LogP contribution in [0.2, 0.25) is 0 Å². The molecule has 11 heteroatoms. The lowest BCUT2D eigenvalue weighted by molar-refractivity contribution is -0.144. The third-order valence-corrected chi connectivity index (χ3v) is 9.25. The van der Waals surface area contributed by atoms with E-state index in [-0.39, 0.29) is 37.5 Å². The summed E-state index contributed by atoms with van der Waals surface area (Å²) >= 11 is 0. The SMILES string of the molecule is CC1(N=CC(=CN)Cc2ccc3c4c(cccc24)C(=O)N3C2CCC(=O)NC2=O)CCN(C(=O)C2(C(F)F)CC2)CC1. The van der Waals surface area contributed by atoms with Gasteiger partial charge in [-0.2, -0.15) is 0 Å². The van der Waals surface area contributed by atoms with Crippen LogP contribution in [0.4, 0.5) is 14.5 Å². The number of nitrogens with zero attached hydrogens (tertiary/aromatic N) is 3. The van der Waals surface area contributed by atoms with Gasteiger partial charge in [0.05, 0.1) is 11.2 Å². The number of carbonyl (C=O) groups excluding carboxylic acids is 4. The number of benzene rings is 2. The van der Waals surface area contributed by atoms with E-state index in [1.54, 1.807) is 17.2 Å². The second kappa shape index (κ2) is 10.3. The number of imide groups is 1. The highest BCUT2D eigenvalue weighted by Gasteiger charge is 2.59. The maximum absolute atomic E-state index is 13.4. The topological polar surface area (TPSA) is 125 Å². The van der Waals surface area contributed by atoms with Crippen LogP contribution in [0.5, 0.6) is 0 Å². The Bertz CT molecular complexity index is 1560. The van der Waals surface area contributed by atoms with Gasteiger partial charge in [0.15, 0.2) is 0 Å². The van der Waals surface area contributed by atoms with Crippen molar-refractivity contribution < 1.29 is 28.0 Å². The van der Waals surface area contributed by atoms with Gasteiger partial charge in [-0.1, -0.05) is 18.2 Å². The molecule has 2 aromatic carbocycles. The zero-order chi connectivity index (χ0) is 29.8. The Balaban J connectivity index is 1.18. The minimum Gasteiger partial charge on any atom is -0.404 e. The largest absolute Gasteiger partial charge is 0.404 e. The van der Waals surface area contributed by atoms with Gasteiger partial charge in [0, 0.05) is 43.1 Å². The van der Waals surface area contributed by atoms with Crippen LogP contribution < -0.4 is 16.0 Å². The number of nitrogens with two attached hydrogens (primary N) is 1. The minimum atomic E-state index is -2.63. The first-order valence-corrected chi connectivity index (χ1v) is 14.3. The maximum Gasteiger partial charge on any atom is 0.259 e. The zero-order valence-corrected chi connectivity index (χ0v) is 23.4. The number of anilines is 1. The van der Waals surface area contributed by atoms with Gasteiger partial charge in [0.25, 0.3) is 12.3 Å². The van der Waals surface area contributed by atoms with Crippen molar-refractivity contribution in [1.82, 2.24) is 10.2 Å². The molecule has 42 heavy (non-hydrogen) atoms. The minimum absolute atomic E-state index is 0.172. The number of hydrogen-bond acceptors (Lipinski definition) is 6. The van der Waals surface area contributed by atoms with Crippen molar-refractivity contribution >= 4 is 46.3 Å². The molecule has 2 saturated heterocycles. The normalized spacial score (nSPS) is 23.3. The van der Waals surface area contributed by atoms with Crippen molar-refractivity contribution in [3.05, 3.63) is 53.2 Å². The molecule has 0 spiro atoms. The molecule has 6 rings (SSSR count). The lowest BCUT2D eigenvalue weighted by Crippen LogP contribution is -2.53. The number of piperidine rings is 2. The molecule has 1 saturated carbocycles. The van der Waals surface area contributed by atoms with E-state index in [0.29, 0.717) is 43.6 Å². The van der Waals surface area contributed by atoms with E-state index in [2.05, 4.69) is 5.32 Å². The Kier molecular flexibility index (Phi) is 6.86. The first kappa shape index (κ1) is 28.0. The fraction of sp³-hybridized carbons (Fsp3) is 0.452. The van der Waals surface area contributed by atoms with Crippen LogP contribution in [0.15, 0.2) is 47.1 Å². The number of allylic oxidation sites excluding steroid dienone is 1. The zero-order valence-electron chi connectivity index (χ0n) is 23.4. The molecule has 3 N–H and O–H groups in total. The average Bonchev–Trinajstić information content (AvgIpc) is 3.74. The van der Waals surface area contributed by atoms with E-state index >= 15 is 0 Å². The number of likely N-dealkylation sites (tertiary alicyclic amines) is 1. The number of hydrogen-bond donors (Lipinski definition) is 2. The maximum atomic E-state index is 13.4. The molecule has 0 bridgehead atoms. The van der Waals surface area contributed by atoms with Crippen LogP contribution in [0, 0.1) is 5.41 Å². The highest BCUT2D eigenvalue weighted by atomic mass is 19.3. The van der Waals surface area contributed by atoms with Crippen LogP contribution in [-0.4, -0.2) is 65.8 Å². The monoisotopic (exact) mass is 577 g/mol. The molecule has 9 nitrogen and oxygen atoms in total. The first-order valence-electron chi connectivity index (χ1n) is 14.3. The molecule has 1 aliphatic carbocycles. The van der Waals surface area contributed by atoms with Crippen molar-refractivity contribution in [2.45, 2.75) is 69.9 Å². The number of alkyl halides is 2. The third-order valence-electron chi connectivity index (χ3n) is 9.25. The van der Waals surface area contributed by atoms with Gasteiger partial charge < -0.3 is 10.6 Å². The van der Waals surface area contributed by atoms with Gasteiger partial charge in [-0.05, 0) is 73.9 Å². The second-order valence-corrected chi connectivity index (χ2v) is 12.0. The highest BCUT2D eigenvalue weighted by Crippen LogP contribution is 2.52. The molecule has 3 fully saturated rings. The highest BCUT2D eigenvalue weighted by molar-refractivity contribution is 6.27. The fourth-order valence-electron chi connectivity index (χ4n) is 6.36. The number of aliphatic imine (C=N–C) groups is 1. The Labute approximate surface area is 241 Å². The summed E-state index contributed by atoms with van der Waals surface area (Å²) in [4.78, 5) is 58.3. The van der Waals surface area contributed by atoms with E-state index in [0.717, 1.165) is 21.9 Å². The van der Waals surface area contributed by atoms with Crippen LogP contribution in [0.25, 0.3) is 10.8 Å². The lowest BCUT2D eigenvalue weighted by Gasteiger charge is -2.38. The van der Waals surface area contributed by atoms with Crippen molar-refractivity contribution in [2.75, 3.05) is 18.0 Å². The third kappa shape index (κ3) is 4.64. The summed E-state index contributed by atoms with van der Waals surface area (Å²) in [6.07, 6.45) is 3.12. The fourth-order valence-corrected chi connectivity index (χ4v) is 6.36.